The second-order valence-corrected chi connectivity index (χ2v) is 6.33. The molecule has 2 aromatic rings. The van der Waals surface area contributed by atoms with E-state index < -0.39 is 0 Å². The first-order valence-electron chi connectivity index (χ1n) is 8.27. The maximum Gasteiger partial charge on any atom is 0.223 e. The van der Waals surface area contributed by atoms with Gasteiger partial charge in [-0.3, -0.25) is 9.59 Å². The number of benzene rings is 2. The van der Waals surface area contributed by atoms with Crippen LogP contribution in [-0.4, -0.2) is 37.4 Å². The van der Waals surface area contributed by atoms with Crippen LogP contribution in [0.5, 0.6) is 0 Å². The molecule has 0 aliphatic rings. The lowest BCUT2D eigenvalue weighted by Gasteiger charge is -2.23. The molecule has 0 radical (unpaired) electrons. The van der Waals surface area contributed by atoms with Crippen molar-refractivity contribution in [2.24, 2.45) is 0 Å². The van der Waals surface area contributed by atoms with E-state index >= 15 is 0 Å². The molecule has 0 bridgehead atoms. The Morgan fingerprint density at radius 1 is 1.08 bits per heavy atom. The van der Waals surface area contributed by atoms with Crippen molar-refractivity contribution in [1.82, 2.24) is 10.2 Å². The molecule has 0 saturated carbocycles. The summed E-state index contributed by atoms with van der Waals surface area (Å²) in [7, 11) is 3.31. The summed E-state index contributed by atoms with van der Waals surface area (Å²) in [6.45, 7) is 0.391. The summed E-state index contributed by atoms with van der Waals surface area (Å²) >= 11 is 6.38. The van der Waals surface area contributed by atoms with Gasteiger partial charge in [0, 0.05) is 44.4 Å². The monoisotopic (exact) mass is 358 g/mol. The molecule has 25 heavy (non-hydrogen) atoms. The Labute approximate surface area is 153 Å². The third-order valence-electron chi connectivity index (χ3n) is 4.24. The highest BCUT2D eigenvalue weighted by Gasteiger charge is 2.22. The van der Waals surface area contributed by atoms with Crippen molar-refractivity contribution in [3.8, 4) is 0 Å². The molecule has 5 heteroatoms. The van der Waals surface area contributed by atoms with Crippen LogP contribution in [0.25, 0.3) is 0 Å². The second-order valence-electron chi connectivity index (χ2n) is 5.93. The van der Waals surface area contributed by atoms with E-state index in [1.54, 1.807) is 19.0 Å². The zero-order valence-corrected chi connectivity index (χ0v) is 15.3. The second kappa shape index (κ2) is 9.23. The highest BCUT2D eigenvalue weighted by atomic mass is 35.5. The zero-order valence-electron chi connectivity index (χ0n) is 14.5. The number of rotatable bonds is 7. The van der Waals surface area contributed by atoms with E-state index in [-0.39, 0.29) is 17.7 Å². The summed E-state index contributed by atoms with van der Waals surface area (Å²) < 4.78 is 0. The summed E-state index contributed by atoms with van der Waals surface area (Å²) in [5, 5.41) is 3.22. The van der Waals surface area contributed by atoms with Gasteiger partial charge in [0.05, 0.1) is 0 Å². The van der Waals surface area contributed by atoms with E-state index in [4.69, 9.17) is 11.6 Å². The standard InChI is InChI=1S/C20H23ClN2O2/c1-22-19(24)12-13-23(2)20(25)14-17(15-8-4-3-5-9-15)16-10-6-7-11-18(16)21/h3-11,17H,12-14H2,1-2H3,(H,22,24)/t17-/m0/s1. The average Bonchev–Trinajstić information content (AvgIpc) is 2.65. The smallest absolute Gasteiger partial charge is 0.223 e. The predicted molar refractivity (Wildman–Crippen MR) is 101 cm³/mol. The number of carbonyl (C=O) groups excluding carboxylic acids is 2. The first-order chi connectivity index (χ1) is 12.0. The summed E-state index contributed by atoms with van der Waals surface area (Å²) in [5.41, 5.74) is 1.98. The van der Waals surface area contributed by atoms with Gasteiger partial charge in [0.1, 0.15) is 0 Å². The van der Waals surface area contributed by atoms with Crippen molar-refractivity contribution >= 4 is 23.4 Å². The van der Waals surface area contributed by atoms with Gasteiger partial charge in [-0.25, -0.2) is 0 Å². The van der Waals surface area contributed by atoms with Gasteiger partial charge in [0.2, 0.25) is 11.8 Å². The fraction of sp³-hybridized carbons (Fsp3) is 0.300. The van der Waals surface area contributed by atoms with Crippen LogP contribution >= 0.6 is 11.6 Å². The van der Waals surface area contributed by atoms with Crippen molar-refractivity contribution < 1.29 is 9.59 Å². The molecule has 0 saturated heterocycles. The highest BCUT2D eigenvalue weighted by Crippen LogP contribution is 2.33. The maximum absolute atomic E-state index is 12.7. The van der Waals surface area contributed by atoms with E-state index in [0.29, 0.717) is 24.4 Å². The van der Waals surface area contributed by atoms with Crippen LogP contribution in [0.3, 0.4) is 0 Å². The fourth-order valence-corrected chi connectivity index (χ4v) is 2.97. The lowest BCUT2D eigenvalue weighted by atomic mass is 9.88. The van der Waals surface area contributed by atoms with Crippen molar-refractivity contribution in [2.75, 3.05) is 20.6 Å². The molecule has 1 N–H and O–H groups in total. The van der Waals surface area contributed by atoms with E-state index in [1.165, 1.54) is 0 Å². The lowest BCUT2D eigenvalue weighted by molar-refractivity contribution is -0.130. The van der Waals surface area contributed by atoms with Gasteiger partial charge in [-0.1, -0.05) is 60.1 Å². The van der Waals surface area contributed by atoms with Gasteiger partial charge in [-0.05, 0) is 17.2 Å². The molecule has 0 spiro atoms. The first-order valence-corrected chi connectivity index (χ1v) is 8.64. The van der Waals surface area contributed by atoms with Crippen molar-refractivity contribution in [3.63, 3.8) is 0 Å². The Bertz CT molecular complexity index is 719. The van der Waals surface area contributed by atoms with E-state index in [0.717, 1.165) is 11.1 Å². The molecule has 2 rings (SSSR count). The number of nitrogens with one attached hydrogen (secondary N) is 1. The number of hydrogen-bond donors (Lipinski definition) is 1. The molecule has 4 nitrogen and oxygen atoms in total. The van der Waals surface area contributed by atoms with Crippen LogP contribution in [0.15, 0.2) is 54.6 Å². The first kappa shape index (κ1) is 19.0. The molecule has 0 aliphatic heterocycles. The molecule has 2 amide bonds. The van der Waals surface area contributed by atoms with Crippen LogP contribution in [0.4, 0.5) is 0 Å². The minimum absolute atomic E-state index is 0.0160. The molecule has 0 aliphatic carbocycles. The third kappa shape index (κ3) is 5.33. The number of hydrogen-bond acceptors (Lipinski definition) is 2. The molecular formula is C20H23ClN2O2. The van der Waals surface area contributed by atoms with Crippen LogP contribution in [0.2, 0.25) is 5.02 Å². The van der Waals surface area contributed by atoms with Crippen molar-refractivity contribution in [1.29, 1.82) is 0 Å². The summed E-state index contributed by atoms with van der Waals surface area (Å²) in [5.74, 6) is -0.215. The summed E-state index contributed by atoms with van der Waals surface area (Å²) in [6.07, 6.45) is 0.596. The van der Waals surface area contributed by atoms with Gasteiger partial charge < -0.3 is 10.2 Å². The zero-order chi connectivity index (χ0) is 18.2. The highest BCUT2D eigenvalue weighted by molar-refractivity contribution is 6.31. The van der Waals surface area contributed by atoms with Crippen molar-refractivity contribution in [2.45, 2.75) is 18.8 Å². The Morgan fingerprint density at radius 2 is 1.72 bits per heavy atom. The van der Waals surface area contributed by atoms with Gasteiger partial charge in [-0.2, -0.15) is 0 Å². The van der Waals surface area contributed by atoms with Crippen LogP contribution < -0.4 is 5.32 Å². The van der Waals surface area contributed by atoms with Crippen LogP contribution in [0, 0.1) is 0 Å². The number of halogens is 1. The average molecular weight is 359 g/mol. The fourth-order valence-electron chi connectivity index (χ4n) is 2.70. The molecule has 0 aromatic heterocycles. The van der Waals surface area contributed by atoms with E-state index in [1.807, 2.05) is 54.6 Å². The third-order valence-corrected chi connectivity index (χ3v) is 4.58. The molecule has 0 fully saturated rings. The Kier molecular flexibility index (Phi) is 7.02. The Hall–Kier alpha value is -2.33. The minimum Gasteiger partial charge on any atom is -0.359 e. The number of carbonyl (C=O) groups is 2. The van der Waals surface area contributed by atoms with Gasteiger partial charge >= 0.3 is 0 Å². The molecule has 1 atom stereocenters. The Balaban J connectivity index is 2.18. The number of nitrogens with zero attached hydrogens (tertiary/aromatic N) is 1. The molecular weight excluding hydrogens is 336 g/mol. The summed E-state index contributed by atoms with van der Waals surface area (Å²) in [4.78, 5) is 25.6. The normalized spacial score (nSPS) is 11.6. The minimum atomic E-state index is -0.121. The largest absolute Gasteiger partial charge is 0.359 e. The molecule has 2 aromatic carbocycles. The topological polar surface area (TPSA) is 49.4 Å². The quantitative estimate of drug-likeness (QED) is 0.824. The Morgan fingerprint density at radius 3 is 2.36 bits per heavy atom. The molecule has 132 valence electrons. The van der Waals surface area contributed by atoms with E-state index in [9.17, 15) is 9.59 Å². The maximum atomic E-state index is 12.7. The van der Waals surface area contributed by atoms with Crippen LogP contribution in [0.1, 0.15) is 29.9 Å². The predicted octanol–water partition coefficient (Wildman–Crippen LogP) is 3.46. The SMILES string of the molecule is CNC(=O)CCN(C)C(=O)C[C@@H](c1ccccc1)c1ccccc1Cl. The molecule has 0 heterocycles. The van der Waals surface area contributed by atoms with Gasteiger partial charge in [-0.15, -0.1) is 0 Å². The van der Waals surface area contributed by atoms with E-state index in [2.05, 4.69) is 5.32 Å². The lowest BCUT2D eigenvalue weighted by Crippen LogP contribution is -2.32. The summed E-state index contributed by atoms with van der Waals surface area (Å²) in [6, 6.07) is 17.5. The van der Waals surface area contributed by atoms with Crippen LogP contribution in [-0.2, 0) is 9.59 Å². The number of amides is 2. The van der Waals surface area contributed by atoms with Gasteiger partial charge in [0.15, 0.2) is 0 Å². The van der Waals surface area contributed by atoms with Crippen molar-refractivity contribution in [3.05, 3.63) is 70.7 Å². The molecule has 0 unspecified atom stereocenters. The van der Waals surface area contributed by atoms with Gasteiger partial charge in [0.25, 0.3) is 0 Å².